The molecule has 12 heteroatoms. The molecular formula is C24H26O12. The van der Waals surface area contributed by atoms with Crippen molar-refractivity contribution in [2.45, 2.75) is 38.9 Å². The summed E-state index contributed by atoms with van der Waals surface area (Å²) in [4.78, 5) is 46.8. The zero-order valence-corrected chi connectivity index (χ0v) is 19.2. The molecule has 0 spiro atoms. The molecule has 2 aromatic heterocycles. The summed E-state index contributed by atoms with van der Waals surface area (Å²) in [5, 5.41) is 36.4. The van der Waals surface area contributed by atoms with Crippen LogP contribution in [0.25, 0.3) is 12.2 Å². The highest BCUT2D eigenvalue weighted by Gasteiger charge is 2.21. The summed E-state index contributed by atoms with van der Waals surface area (Å²) in [5.41, 5.74) is -1.24. The number of furan rings is 2. The molecule has 0 saturated carbocycles. The second-order valence-corrected chi connectivity index (χ2v) is 7.34. The SMILES string of the molecule is O=C(O)/C(=C\c1ccc(CO)o1)C(=O)OCCCCCCOC(=O)/C(=C/c1ccc(CO)o1)C(=O)O. The number of carbonyl (C=O) groups excluding carboxylic acids is 2. The largest absolute Gasteiger partial charge is 0.477 e. The van der Waals surface area contributed by atoms with Gasteiger partial charge in [0.25, 0.3) is 0 Å². The molecule has 0 aliphatic rings. The third-order valence-electron chi connectivity index (χ3n) is 4.66. The molecule has 0 aromatic carbocycles. The van der Waals surface area contributed by atoms with Gasteiger partial charge in [-0.2, -0.15) is 0 Å². The highest BCUT2D eigenvalue weighted by atomic mass is 16.5. The van der Waals surface area contributed by atoms with Crippen molar-refractivity contribution in [3.63, 3.8) is 0 Å². The fraction of sp³-hybridized carbons (Fsp3) is 0.333. The molecule has 0 amide bonds. The van der Waals surface area contributed by atoms with Crippen LogP contribution in [0.4, 0.5) is 0 Å². The minimum Gasteiger partial charge on any atom is -0.477 e. The number of rotatable bonds is 15. The molecule has 0 radical (unpaired) electrons. The van der Waals surface area contributed by atoms with Crippen molar-refractivity contribution in [2.75, 3.05) is 13.2 Å². The first-order valence-electron chi connectivity index (χ1n) is 10.9. The summed E-state index contributed by atoms with van der Waals surface area (Å²) in [5.74, 6) is -4.43. The average Bonchev–Trinajstić information content (AvgIpc) is 3.51. The van der Waals surface area contributed by atoms with Gasteiger partial charge in [0.15, 0.2) is 0 Å². The lowest BCUT2D eigenvalue weighted by Crippen LogP contribution is -2.16. The third kappa shape index (κ3) is 8.89. The summed E-state index contributed by atoms with van der Waals surface area (Å²) >= 11 is 0. The predicted molar refractivity (Wildman–Crippen MR) is 121 cm³/mol. The van der Waals surface area contributed by atoms with Crippen LogP contribution in [-0.2, 0) is 41.9 Å². The zero-order chi connectivity index (χ0) is 26.5. The summed E-state index contributed by atoms with van der Waals surface area (Å²) < 4.78 is 20.2. The van der Waals surface area contributed by atoms with Gasteiger partial charge in [0.2, 0.25) is 0 Å². The molecular weight excluding hydrogens is 480 g/mol. The van der Waals surface area contributed by atoms with Gasteiger partial charge in [-0.15, -0.1) is 0 Å². The number of unbranched alkanes of at least 4 members (excludes halogenated alkanes) is 3. The number of carboxylic acids is 2. The van der Waals surface area contributed by atoms with E-state index in [0.717, 1.165) is 12.2 Å². The smallest absolute Gasteiger partial charge is 0.345 e. The van der Waals surface area contributed by atoms with Crippen molar-refractivity contribution in [3.05, 3.63) is 58.5 Å². The number of carbonyl (C=O) groups is 4. The number of hydrogen-bond donors (Lipinski definition) is 4. The van der Waals surface area contributed by atoms with Crippen LogP contribution in [0.1, 0.15) is 48.7 Å². The minimum atomic E-state index is -1.49. The summed E-state index contributed by atoms with van der Waals surface area (Å²) in [7, 11) is 0. The number of aliphatic carboxylic acids is 2. The lowest BCUT2D eigenvalue weighted by atomic mass is 10.2. The first kappa shape index (κ1) is 28.1. The Bertz CT molecular complexity index is 1030. The van der Waals surface area contributed by atoms with Crippen LogP contribution >= 0.6 is 0 Å². The molecule has 12 nitrogen and oxygen atoms in total. The van der Waals surface area contributed by atoms with Crippen LogP contribution in [0, 0.1) is 0 Å². The topological polar surface area (TPSA) is 194 Å². The van der Waals surface area contributed by atoms with Crippen molar-refractivity contribution in [1.82, 2.24) is 0 Å². The lowest BCUT2D eigenvalue weighted by Gasteiger charge is -2.06. The van der Waals surface area contributed by atoms with Crippen LogP contribution in [0.2, 0.25) is 0 Å². The number of hydrogen-bond acceptors (Lipinski definition) is 10. The van der Waals surface area contributed by atoms with Crippen molar-refractivity contribution in [2.24, 2.45) is 0 Å². The predicted octanol–water partition coefficient (Wildman–Crippen LogP) is 2.14. The van der Waals surface area contributed by atoms with E-state index < -0.39 is 35.0 Å². The van der Waals surface area contributed by atoms with Crippen LogP contribution in [-0.4, -0.2) is 57.5 Å². The van der Waals surface area contributed by atoms with Gasteiger partial charge in [0, 0.05) is 12.2 Å². The quantitative estimate of drug-likeness (QED) is 0.0905. The molecule has 194 valence electrons. The van der Waals surface area contributed by atoms with E-state index in [4.69, 9.17) is 28.5 Å². The molecule has 4 N–H and O–H groups in total. The Morgan fingerprint density at radius 2 is 1.06 bits per heavy atom. The van der Waals surface area contributed by atoms with E-state index in [1.165, 1.54) is 24.3 Å². The average molecular weight is 506 g/mol. The summed E-state index contributed by atoms with van der Waals surface area (Å²) in [6, 6.07) is 5.71. The third-order valence-corrected chi connectivity index (χ3v) is 4.66. The molecule has 36 heavy (non-hydrogen) atoms. The maximum atomic E-state index is 12.1. The highest BCUT2D eigenvalue weighted by Crippen LogP contribution is 2.15. The standard InChI is InChI=1S/C24H26O12/c25-13-17-7-5-15(35-17)11-19(21(27)28)23(31)33-9-3-1-2-4-10-34-24(32)20(22(29)30)12-16-6-8-18(14-26)36-16/h5-8,11-12,25-26H,1-4,9-10,13-14H2,(H,27,28)(H,29,30)/b19-11+,20-12+. The second-order valence-electron chi connectivity index (χ2n) is 7.34. The molecule has 0 bridgehead atoms. The van der Waals surface area contributed by atoms with E-state index in [2.05, 4.69) is 0 Å². The van der Waals surface area contributed by atoms with Gasteiger partial charge >= 0.3 is 23.9 Å². The van der Waals surface area contributed by atoms with Gasteiger partial charge in [-0.05, 0) is 49.9 Å². The van der Waals surface area contributed by atoms with Crippen molar-refractivity contribution in [3.8, 4) is 0 Å². The minimum absolute atomic E-state index is 0.0336. The number of ether oxygens (including phenoxy) is 2. The van der Waals surface area contributed by atoms with E-state index >= 15 is 0 Å². The highest BCUT2D eigenvalue weighted by molar-refractivity contribution is 6.17. The van der Waals surface area contributed by atoms with Gasteiger partial charge < -0.3 is 38.7 Å². The van der Waals surface area contributed by atoms with Gasteiger partial charge in [0.1, 0.15) is 47.4 Å². The number of aliphatic hydroxyl groups is 2. The Labute approximate surface area is 205 Å². The molecule has 0 aliphatic carbocycles. The van der Waals surface area contributed by atoms with E-state index in [1.807, 2.05) is 0 Å². The Kier molecular flexibility index (Phi) is 11.1. The molecule has 2 rings (SSSR count). The Hall–Kier alpha value is -4.16. The monoisotopic (exact) mass is 506 g/mol. The van der Waals surface area contributed by atoms with Gasteiger partial charge in [0.05, 0.1) is 13.2 Å². The van der Waals surface area contributed by atoms with Crippen molar-refractivity contribution < 1.29 is 57.9 Å². The maximum absolute atomic E-state index is 12.1. The Morgan fingerprint density at radius 1 is 0.667 bits per heavy atom. The van der Waals surface area contributed by atoms with Gasteiger partial charge in [-0.3, -0.25) is 0 Å². The molecule has 2 heterocycles. The van der Waals surface area contributed by atoms with Crippen LogP contribution in [0.5, 0.6) is 0 Å². The molecule has 0 aliphatic heterocycles. The van der Waals surface area contributed by atoms with Gasteiger partial charge in [-0.25, -0.2) is 19.2 Å². The summed E-state index contributed by atoms with van der Waals surface area (Å²) in [6.45, 7) is -0.800. The van der Waals surface area contributed by atoms with E-state index in [1.54, 1.807) is 0 Å². The Balaban J connectivity index is 1.70. The van der Waals surface area contributed by atoms with Crippen LogP contribution in [0.15, 0.2) is 44.2 Å². The Morgan fingerprint density at radius 3 is 1.36 bits per heavy atom. The number of aliphatic hydroxyl groups excluding tert-OH is 2. The fourth-order valence-corrected chi connectivity index (χ4v) is 2.86. The first-order valence-corrected chi connectivity index (χ1v) is 10.9. The normalized spacial score (nSPS) is 11.8. The lowest BCUT2D eigenvalue weighted by molar-refractivity contribution is -0.146. The molecule has 2 aromatic rings. The molecule has 0 saturated heterocycles. The van der Waals surface area contributed by atoms with Crippen molar-refractivity contribution in [1.29, 1.82) is 0 Å². The fourth-order valence-electron chi connectivity index (χ4n) is 2.86. The first-order chi connectivity index (χ1) is 17.2. The molecule has 0 unspecified atom stereocenters. The van der Waals surface area contributed by atoms with Crippen molar-refractivity contribution >= 4 is 36.0 Å². The van der Waals surface area contributed by atoms with Crippen LogP contribution < -0.4 is 0 Å². The van der Waals surface area contributed by atoms with Gasteiger partial charge in [-0.1, -0.05) is 0 Å². The van der Waals surface area contributed by atoms with Crippen LogP contribution in [0.3, 0.4) is 0 Å². The molecule has 0 fully saturated rings. The zero-order valence-electron chi connectivity index (χ0n) is 19.2. The summed E-state index contributed by atoms with van der Waals surface area (Å²) in [6.07, 6.45) is 4.02. The van der Waals surface area contributed by atoms with E-state index in [9.17, 15) is 29.4 Å². The van der Waals surface area contributed by atoms with E-state index in [-0.39, 0.29) is 49.5 Å². The number of esters is 2. The second kappa shape index (κ2) is 14.3. The molecule has 0 atom stereocenters. The van der Waals surface area contributed by atoms with E-state index in [0.29, 0.717) is 25.7 Å². The maximum Gasteiger partial charge on any atom is 0.345 e. The number of carboxylic acid groups (broad SMARTS) is 2.